The summed E-state index contributed by atoms with van der Waals surface area (Å²) in [5, 5.41) is 6.94. The van der Waals surface area contributed by atoms with Gasteiger partial charge < -0.3 is 10.1 Å². The molecule has 1 atom stereocenters. The highest BCUT2D eigenvalue weighted by Crippen LogP contribution is 2.17. The predicted octanol–water partition coefficient (Wildman–Crippen LogP) is 2.34. The van der Waals surface area contributed by atoms with E-state index in [9.17, 15) is 9.59 Å². The van der Waals surface area contributed by atoms with Gasteiger partial charge in [-0.25, -0.2) is 9.67 Å². The summed E-state index contributed by atoms with van der Waals surface area (Å²) in [7, 11) is 0. The zero-order chi connectivity index (χ0) is 18.4. The van der Waals surface area contributed by atoms with Crippen LogP contribution in [0.5, 0.6) is 5.75 Å². The molecule has 7 heteroatoms. The van der Waals surface area contributed by atoms with Crippen molar-refractivity contribution in [3.8, 4) is 11.4 Å². The summed E-state index contributed by atoms with van der Waals surface area (Å²) < 4.78 is 7.09. The third-order valence-electron chi connectivity index (χ3n) is 3.86. The van der Waals surface area contributed by atoms with Crippen LogP contribution in [0.4, 0.5) is 0 Å². The van der Waals surface area contributed by atoms with E-state index in [1.807, 2.05) is 31.2 Å². The first-order valence-corrected chi connectivity index (χ1v) is 8.08. The molecule has 0 saturated carbocycles. The van der Waals surface area contributed by atoms with Crippen molar-refractivity contribution in [3.63, 3.8) is 0 Å². The van der Waals surface area contributed by atoms with Crippen molar-refractivity contribution >= 4 is 12.2 Å². The first-order chi connectivity index (χ1) is 12.7. The van der Waals surface area contributed by atoms with E-state index in [-0.39, 0.29) is 18.6 Å². The molecule has 0 aliphatic rings. The Balaban J connectivity index is 1.56. The number of nitrogens with zero attached hydrogens (tertiary/aromatic N) is 3. The molecule has 1 aromatic heterocycles. The van der Waals surface area contributed by atoms with Crippen LogP contribution < -0.4 is 10.1 Å². The van der Waals surface area contributed by atoms with Gasteiger partial charge >= 0.3 is 0 Å². The van der Waals surface area contributed by atoms with Crippen molar-refractivity contribution in [3.05, 3.63) is 72.3 Å². The van der Waals surface area contributed by atoms with Crippen molar-refractivity contribution in [2.45, 2.75) is 13.0 Å². The highest BCUT2D eigenvalue weighted by molar-refractivity contribution is 5.81. The number of hydrogen-bond donors (Lipinski definition) is 1. The Labute approximate surface area is 150 Å². The SMILES string of the molecule is CC(NC(=O)COc1ccccc1C=O)c1ccc(-n2cncn2)cc1. The fourth-order valence-electron chi connectivity index (χ4n) is 2.48. The lowest BCUT2D eigenvalue weighted by Gasteiger charge is -2.15. The Hall–Kier alpha value is -3.48. The van der Waals surface area contributed by atoms with E-state index in [4.69, 9.17) is 4.74 Å². The standard InChI is InChI=1S/C19H18N4O3/c1-14(15-6-8-17(9-7-15)23-13-20-12-21-23)22-19(25)11-26-18-5-3-2-4-16(18)10-24/h2-10,12-14H,11H2,1H3,(H,22,25). The maximum atomic E-state index is 12.1. The molecule has 7 nitrogen and oxygen atoms in total. The summed E-state index contributed by atoms with van der Waals surface area (Å²) >= 11 is 0. The van der Waals surface area contributed by atoms with Crippen molar-refractivity contribution in [1.29, 1.82) is 0 Å². The highest BCUT2D eigenvalue weighted by Gasteiger charge is 2.11. The third-order valence-corrected chi connectivity index (χ3v) is 3.86. The van der Waals surface area contributed by atoms with Crippen LogP contribution in [0.2, 0.25) is 0 Å². The average molecular weight is 350 g/mol. The van der Waals surface area contributed by atoms with Crippen LogP contribution in [0.1, 0.15) is 28.9 Å². The molecule has 132 valence electrons. The molecule has 1 unspecified atom stereocenters. The lowest BCUT2D eigenvalue weighted by Crippen LogP contribution is -2.31. The lowest BCUT2D eigenvalue weighted by atomic mass is 10.1. The number of carbonyl (C=O) groups excluding carboxylic acids is 2. The number of amides is 1. The number of aldehydes is 1. The number of nitrogens with one attached hydrogen (secondary N) is 1. The van der Waals surface area contributed by atoms with Gasteiger partial charge in [-0.3, -0.25) is 9.59 Å². The minimum Gasteiger partial charge on any atom is -0.483 e. The topological polar surface area (TPSA) is 86.1 Å². The zero-order valence-corrected chi connectivity index (χ0v) is 14.2. The Morgan fingerprint density at radius 3 is 2.69 bits per heavy atom. The number of aromatic nitrogens is 3. The molecule has 1 N–H and O–H groups in total. The Kier molecular flexibility index (Phi) is 5.38. The van der Waals surface area contributed by atoms with Gasteiger partial charge in [0.15, 0.2) is 12.9 Å². The quantitative estimate of drug-likeness (QED) is 0.661. The largest absolute Gasteiger partial charge is 0.483 e. The molecule has 2 aromatic carbocycles. The second-order valence-corrected chi connectivity index (χ2v) is 5.67. The van der Waals surface area contributed by atoms with Gasteiger partial charge in [0, 0.05) is 0 Å². The van der Waals surface area contributed by atoms with Gasteiger partial charge in [-0.1, -0.05) is 24.3 Å². The molecule has 0 fully saturated rings. The molecule has 0 bridgehead atoms. The summed E-state index contributed by atoms with van der Waals surface area (Å²) in [5.74, 6) is 0.126. The van der Waals surface area contributed by atoms with Gasteiger partial charge in [0.1, 0.15) is 18.4 Å². The molecule has 0 aliphatic heterocycles. The fraction of sp³-hybridized carbons (Fsp3) is 0.158. The van der Waals surface area contributed by atoms with Gasteiger partial charge in [0.05, 0.1) is 17.3 Å². The van der Waals surface area contributed by atoms with Gasteiger partial charge in [0.2, 0.25) is 0 Å². The minimum atomic E-state index is -0.265. The molecule has 3 aromatic rings. The molecule has 0 spiro atoms. The van der Waals surface area contributed by atoms with E-state index in [2.05, 4.69) is 15.4 Å². The van der Waals surface area contributed by atoms with Crippen LogP contribution >= 0.6 is 0 Å². The Morgan fingerprint density at radius 2 is 2.00 bits per heavy atom. The first-order valence-electron chi connectivity index (χ1n) is 8.08. The summed E-state index contributed by atoms with van der Waals surface area (Å²) in [6, 6.07) is 14.3. The second kappa shape index (κ2) is 8.06. The number of ether oxygens (including phenoxy) is 1. The van der Waals surface area contributed by atoms with Crippen molar-refractivity contribution in [1.82, 2.24) is 20.1 Å². The van der Waals surface area contributed by atoms with Gasteiger partial charge in [-0.2, -0.15) is 5.10 Å². The Morgan fingerprint density at radius 1 is 1.23 bits per heavy atom. The van der Waals surface area contributed by atoms with E-state index >= 15 is 0 Å². The molecular weight excluding hydrogens is 332 g/mol. The van der Waals surface area contributed by atoms with Crippen LogP contribution in [0, 0.1) is 0 Å². The molecule has 1 heterocycles. The summed E-state index contributed by atoms with van der Waals surface area (Å²) in [4.78, 5) is 27.0. The van der Waals surface area contributed by atoms with E-state index in [0.29, 0.717) is 17.6 Å². The maximum absolute atomic E-state index is 12.1. The zero-order valence-electron chi connectivity index (χ0n) is 14.2. The van der Waals surface area contributed by atoms with Crippen LogP contribution in [0.3, 0.4) is 0 Å². The number of para-hydroxylation sites is 1. The number of carbonyl (C=O) groups is 2. The lowest BCUT2D eigenvalue weighted by molar-refractivity contribution is -0.123. The molecule has 3 rings (SSSR count). The van der Waals surface area contributed by atoms with Crippen LogP contribution in [0.15, 0.2) is 61.2 Å². The smallest absolute Gasteiger partial charge is 0.258 e. The molecular formula is C19H18N4O3. The van der Waals surface area contributed by atoms with Crippen molar-refractivity contribution < 1.29 is 14.3 Å². The summed E-state index contributed by atoms with van der Waals surface area (Å²) in [6.45, 7) is 1.73. The third kappa shape index (κ3) is 4.13. The Bertz CT molecular complexity index is 876. The van der Waals surface area contributed by atoms with Gasteiger partial charge in [0.25, 0.3) is 5.91 Å². The van der Waals surface area contributed by atoms with Crippen molar-refractivity contribution in [2.75, 3.05) is 6.61 Å². The summed E-state index contributed by atoms with van der Waals surface area (Å²) in [5.41, 5.74) is 2.26. The average Bonchev–Trinajstić information content (AvgIpc) is 3.21. The number of hydrogen-bond acceptors (Lipinski definition) is 5. The van der Waals surface area contributed by atoms with E-state index in [1.54, 1.807) is 35.3 Å². The second-order valence-electron chi connectivity index (χ2n) is 5.67. The molecule has 26 heavy (non-hydrogen) atoms. The molecule has 0 aliphatic carbocycles. The van der Waals surface area contributed by atoms with E-state index in [0.717, 1.165) is 11.3 Å². The normalized spacial score (nSPS) is 11.6. The van der Waals surface area contributed by atoms with Crippen LogP contribution in [-0.4, -0.2) is 33.6 Å². The minimum absolute atomic E-state index is 0.160. The van der Waals surface area contributed by atoms with E-state index in [1.165, 1.54) is 6.33 Å². The van der Waals surface area contributed by atoms with Crippen LogP contribution in [-0.2, 0) is 4.79 Å². The summed E-state index contributed by atoms with van der Waals surface area (Å²) in [6.07, 6.45) is 3.79. The van der Waals surface area contributed by atoms with Gasteiger partial charge in [-0.15, -0.1) is 0 Å². The molecule has 0 saturated heterocycles. The monoisotopic (exact) mass is 350 g/mol. The number of rotatable bonds is 7. The van der Waals surface area contributed by atoms with Crippen molar-refractivity contribution in [2.24, 2.45) is 0 Å². The number of benzene rings is 2. The fourth-order valence-corrected chi connectivity index (χ4v) is 2.48. The van der Waals surface area contributed by atoms with Gasteiger partial charge in [-0.05, 0) is 36.8 Å². The van der Waals surface area contributed by atoms with Crippen LogP contribution in [0.25, 0.3) is 5.69 Å². The first kappa shape index (κ1) is 17.3. The maximum Gasteiger partial charge on any atom is 0.258 e. The van der Waals surface area contributed by atoms with E-state index < -0.39 is 0 Å². The highest BCUT2D eigenvalue weighted by atomic mass is 16.5. The molecule has 0 radical (unpaired) electrons. The predicted molar refractivity (Wildman–Crippen MR) is 95.2 cm³/mol. The molecule has 1 amide bonds.